The van der Waals surface area contributed by atoms with Gasteiger partial charge in [0.25, 0.3) is 0 Å². The minimum Gasteiger partial charge on any atom is -0.480 e. The second kappa shape index (κ2) is 4.44. The van der Waals surface area contributed by atoms with Gasteiger partial charge in [-0.2, -0.15) is 0 Å². The van der Waals surface area contributed by atoms with Gasteiger partial charge in [-0.15, -0.1) is 11.6 Å². The summed E-state index contributed by atoms with van der Waals surface area (Å²) < 4.78 is 12.6. The van der Waals surface area contributed by atoms with Crippen molar-refractivity contribution < 1.29 is 14.3 Å². The summed E-state index contributed by atoms with van der Waals surface area (Å²) in [6.45, 7) is 0.892. The van der Waals surface area contributed by atoms with Gasteiger partial charge >= 0.3 is 5.97 Å². The normalized spacial score (nSPS) is 19.1. The van der Waals surface area contributed by atoms with E-state index in [4.69, 9.17) is 16.7 Å². The van der Waals surface area contributed by atoms with E-state index in [2.05, 4.69) is 9.97 Å². The monoisotopic (exact) mass is 259 g/mol. The van der Waals surface area contributed by atoms with Gasteiger partial charge in [-0.25, -0.2) is 14.4 Å². The first kappa shape index (κ1) is 12.0. The zero-order chi connectivity index (χ0) is 12.5. The van der Waals surface area contributed by atoms with Crippen LogP contribution in [-0.4, -0.2) is 39.0 Å². The molecule has 2 heterocycles. The number of carbonyl (C=O) groups is 1. The molecule has 0 amide bonds. The van der Waals surface area contributed by atoms with Crippen LogP contribution in [0, 0.1) is 5.82 Å². The highest BCUT2D eigenvalue weighted by Gasteiger charge is 2.40. The number of halogens is 2. The Balaban J connectivity index is 2.04. The van der Waals surface area contributed by atoms with E-state index >= 15 is 0 Å². The summed E-state index contributed by atoms with van der Waals surface area (Å²) in [7, 11) is 0. The summed E-state index contributed by atoms with van der Waals surface area (Å²) in [5.41, 5.74) is 0. The Morgan fingerprint density at radius 3 is 2.41 bits per heavy atom. The van der Waals surface area contributed by atoms with Crippen molar-refractivity contribution in [1.29, 1.82) is 0 Å². The van der Waals surface area contributed by atoms with Crippen LogP contribution < -0.4 is 4.90 Å². The number of anilines is 1. The number of aromatic nitrogens is 2. The van der Waals surface area contributed by atoms with Crippen LogP contribution in [-0.2, 0) is 4.79 Å². The Morgan fingerprint density at radius 2 is 1.94 bits per heavy atom. The summed E-state index contributed by atoms with van der Waals surface area (Å²) in [5.74, 6) is -1.10. The predicted molar refractivity (Wildman–Crippen MR) is 59.7 cm³/mol. The van der Waals surface area contributed by atoms with Crippen LogP contribution in [0.3, 0.4) is 0 Å². The molecule has 1 aliphatic heterocycles. The van der Waals surface area contributed by atoms with Gasteiger partial charge in [0.2, 0.25) is 5.95 Å². The fraction of sp³-hybridized carbons (Fsp3) is 0.500. The average Bonchev–Trinajstić information content (AvgIpc) is 2.31. The lowest BCUT2D eigenvalue weighted by Crippen LogP contribution is -2.46. The molecule has 1 saturated heterocycles. The Labute approximate surface area is 102 Å². The lowest BCUT2D eigenvalue weighted by Gasteiger charge is -2.34. The molecule has 1 aromatic heterocycles. The molecule has 0 atom stereocenters. The Morgan fingerprint density at radius 1 is 1.41 bits per heavy atom. The molecule has 1 fully saturated rings. The van der Waals surface area contributed by atoms with Crippen molar-refractivity contribution in [1.82, 2.24) is 9.97 Å². The van der Waals surface area contributed by atoms with Crippen LogP contribution in [0.2, 0.25) is 0 Å². The van der Waals surface area contributed by atoms with Gasteiger partial charge in [-0.3, -0.25) is 4.79 Å². The zero-order valence-electron chi connectivity index (χ0n) is 8.94. The van der Waals surface area contributed by atoms with Crippen molar-refractivity contribution in [2.24, 2.45) is 0 Å². The molecule has 0 aliphatic carbocycles. The van der Waals surface area contributed by atoms with Gasteiger partial charge in [0.1, 0.15) is 4.87 Å². The van der Waals surface area contributed by atoms with Gasteiger partial charge < -0.3 is 10.0 Å². The van der Waals surface area contributed by atoms with Gasteiger partial charge in [0.15, 0.2) is 5.82 Å². The fourth-order valence-electron chi connectivity index (χ4n) is 1.74. The van der Waals surface area contributed by atoms with Crippen molar-refractivity contribution in [3.05, 3.63) is 18.2 Å². The number of hydrogen-bond donors (Lipinski definition) is 1. The second-order valence-electron chi connectivity index (χ2n) is 3.96. The lowest BCUT2D eigenvalue weighted by molar-refractivity contribution is -0.140. The summed E-state index contributed by atoms with van der Waals surface area (Å²) in [6.07, 6.45) is 2.79. The molecule has 0 unspecified atom stereocenters. The Kier molecular flexibility index (Phi) is 3.15. The number of carboxylic acid groups (broad SMARTS) is 1. The first-order valence-corrected chi connectivity index (χ1v) is 5.54. The molecule has 1 N–H and O–H groups in total. The molecule has 0 radical (unpaired) electrons. The molecule has 92 valence electrons. The fourth-order valence-corrected chi connectivity index (χ4v) is 1.91. The van der Waals surface area contributed by atoms with Crippen molar-refractivity contribution in [3.8, 4) is 0 Å². The molecule has 1 aromatic rings. The van der Waals surface area contributed by atoms with E-state index in [-0.39, 0.29) is 0 Å². The highest BCUT2D eigenvalue weighted by Crippen LogP contribution is 2.30. The van der Waals surface area contributed by atoms with E-state index in [9.17, 15) is 9.18 Å². The number of alkyl halides is 1. The zero-order valence-corrected chi connectivity index (χ0v) is 9.69. The molecule has 7 heteroatoms. The number of piperidine rings is 1. The first-order valence-electron chi connectivity index (χ1n) is 5.16. The van der Waals surface area contributed by atoms with Crippen molar-refractivity contribution in [2.75, 3.05) is 18.0 Å². The van der Waals surface area contributed by atoms with E-state index in [0.717, 1.165) is 12.4 Å². The maximum absolute atomic E-state index is 12.6. The summed E-state index contributed by atoms with van der Waals surface area (Å²) in [6, 6.07) is 0. The van der Waals surface area contributed by atoms with Crippen molar-refractivity contribution in [3.63, 3.8) is 0 Å². The van der Waals surface area contributed by atoms with Crippen LogP contribution in [0.1, 0.15) is 12.8 Å². The second-order valence-corrected chi connectivity index (χ2v) is 4.68. The smallest absolute Gasteiger partial charge is 0.324 e. The first-order chi connectivity index (χ1) is 8.01. The molecule has 0 aromatic carbocycles. The number of nitrogens with zero attached hydrogens (tertiary/aromatic N) is 3. The number of rotatable bonds is 2. The lowest BCUT2D eigenvalue weighted by atomic mass is 9.96. The molecule has 17 heavy (non-hydrogen) atoms. The highest BCUT2D eigenvalue weighted by molar-refractivity contribution is 6.33. The summed E-state index contributed by atoms with van der Waals surface area (Å²) >= 11 is 5.96. The summed E-state index contributed by atoms with van der Waals surface area (Å²) in [4.78, 5) is 19.2. The third kappa shape index (κ3) is 2.46. The minimum absolute atomic E-state index is 0.310. The Bertz CT molecular complexity index is 418. The van der Waals surface area contributed by atoms with E-state index in [1.807, 2.05) is 0 Å². The Hall–Kier alpha value is -1.43. The van der Waals surface area contributed by atoms with Crippen LogP contribution >= 0.6 is 11.6 Å². The molecular weight excluding hydrogens is 249 g/mol. The van der Waals surface area contributed by atoms with Crippen molar-refractivity contribution >= 4 is 23.5 Å². The molecule has 5 nitrogen and oxygen atoms in total. The molecule has 1 aliphatic rings. The third-order valence-corrected chi connectivity index (χ3v) is 3.37. The van der Waals surface area contributed by atoms with Gasteiger partial charge in [-0.1, -0.05) is 0 Å². The molecular formula is C10H11ClFN3O2. The van der Waals surface area contributed by atoms with Crippen LogP contribution in [0.5, 0.6) is 0 Å². The minimum atomic E-state index is -1.20. The standard InChI is InChI=1S/C10H11ClFN3O2/c11-10(8(16)17)1-3-15(4-2-10)9-13-5-7(12)6-14-9/h5-6H,1-4H2,(H,16,17). The van der Waals surface area contributed by atoms with Gasteiger partial charge in [-0.05, 0) is 12.8 Å². The average molecular weight is 260 g/mol. The molecule has 0 spiro atoms. The van der Waals surface area contributed by atoms with E-state index < -0.39 is 16.7 Å². The van der Waals surface area contributed by atoms with Crippen LogP contribution in [0.25, 0.3) is 0 Å². The third-order valence-electron chi connectivity index (χ3n) is 2.83. The number of hydrogen-bond acceptors (Lipinski definition) is 4. The van der Waals surface area contributed by atoms with Crippen LogP contribution in [0.15, 0.2) is 12.4 Å². The molecule has 2 rings (SSSR count). The largest absolute Gasteiger partial charge is 0.480 e. The number of aliphatic carboxylic acids is 1. The van der Waals surface area contributed by atoms with Gasteiger partial charge in [0, 0.05) is 13.1 Å². The van der Waals surface area contributed by atoms with E-state index in [0.29, 0.717) is 31.9 Å². The SMILES string of the molecule is O=C(O)C1(Cl)CCN(c2ncc(F)cn2)CC1. The molecule has 0 saturated carbocycles. The highest BCUT2D eigenvalue weighted by atomic mass is 35.5. The number of carboxylic acids is 1. The predicted octanol–water partition coefficient (Wildman–Crippen LogP) is 1.28. The quantitative estimate of drug-likeness (QED) is 0.811. The van der Waals surface area contributed by atoms with E-state index in [1.165, 1.54) is 0 Å². The van der Waals surface area contributed by atoms with Crippen molar-refractivity contribution in [2.45, 2.75) is 17.7 Å². The maximum Gasteiger partial charge on any atom is 0.324 e. The summed E-state index contributed by atoms with van der Waals surface area (Å²) in [5, 5.41) is 8.96. The topological polar surface area (TPSA) is 66.3 Å². The molecule has 0 bridgehead atoms. The van der Waals surface area contributed by atoms with E-state index in [1.54, 1.807) is 4.90 Å². The maximum atomic E-state index is 12.6. The van der Waals surface area contributed by atoms with Gasteiger partial charge in [0.05, 0.1) is 12.4 Å². The van der Waals surface area contributed by atoms with Crippen LogP contribution in [0.4, 0.5) is 10.3 Å².